The fourth-order valence-electron chi connectivity index (χ4n) is 1.89. The van der Waals surface area contributed by atoms with Crippen LogP contribution in [0.2, 0.25) is 0 Å². The van der Waals surface area contributed by atoms with Gasteiger partial charge in [-0.3, -0.25) is 4.90 Å². The number of rotatable bonds is 11. The number of furan rings is 1. The van der Waals surface area contributed by atoms with Crippen molar-refractivity contribution in [3.8, 4) is 12.3 Å². The molecule has 1 rings (SSSR count). The standard InChI is InChI=1S/C15H23NO4/c1-3-8-19-13-14(17)11-16(7-5-9-18-2)12-15-6-4-10-20-15/h1,4,6,10,14,17H,5,7-9,11-13H2,2H3/t14-/m0/s1. The van der Waals surface area contributed by atoms with Crippen molar-refractivity contribution in [2.75, 3.05) is 40.0 Å². The van der Waals surface area contributed by atoms with Crippen molar-refractivity contribution in [2.24, 2.45) is 0 Å². The molecule has 20 heavy (non-hydrogen) atoms. The molecule has 5 nitrogen and oxygen atoms in total. The number of ether oxygens (including phenoxy) is 2. The second kappa shape index (κ2) is 10.5. The molecule has 0 saturated heterocycles. The average Bonchev–Trinajstić information content (AvgIpc) is 2.92. The number of nitrogens with zero attached hydrogens (tertiary/aromatic N) is 1. The van der Waals surface area contributed by atoms with Crippen molar-refractivity contribution >= 4 is 0 Å². The topological polar surface area (TPSA) is 55.1 Å². The summed E-state index contributed by atoms with van der Waals surface area (Å²) in [6.07, 6.45) is 7.07. The van der Waals surface area contributed by atoms with Gasteiger partial charge in [0.05, 0.1) is 25.5 Å². The summed E-state index contributed by atoms with van der Waals surface area (Å²) in [5, 5.41) is 9.93. The Morgan fingerprint density at radius 1 is 1.55 bits per heavy atom. The predicted molar refractivity (Wildman–Crippen MR) is 76.1 cm³/mol. The zero-order chi connectivity index (χ0) is 14.6. The first-order valence-electron chi connectivity index (χ1n) is 6.69. The Hall–Kier alpha value is -1.32. The number of hydrogen-bond acceptors (Lipinski definition) is 5. The molecular formula is C15H23NO4. The minimum absolute atomic E-state index is 0.221. The van der Waals surface area contributed by atoms with E-state index in [1.807, 2.05) is 12.1 Å². The summed E-state index contributed by atoms with van der Waals surface area (Å²) in [6.45, 7) is 3.14. The smallest absolute Gasteiger partial charge is 0.117 e. The molecule has 0 amide bonds. The number of terminal acetylenes is 1. The summed E-state index contributed by atoms with van der Waals surface area (Å²) in [6, 6.07) is 3.78. The van der Waals surface area contributed by atoms with Gasteiger partial charge in [0.1, 0.15) is 12.4 Å². The van der Waals surface area contributed by atoms with Crippen LogP contribution in [-0.2, 0) is 16.0 Å². The van der Waals surface area contributed by atoms with E-state index in [1.165, 1.54) is 0 Å². The van der Waals surface area contributed by atoms with Gasteiger partial charge in [0, 0.05) is 26.8 Å². The van der Waals surface area contributed by atoms with Crippen molar-refractivity contribution in [3.05, 3.63) is 24.2 Å². The lowest BCUT2D eigenvalue weighted by Crippen LogP contribution is -2.35. The van der Waals surface area contributed by atoms with Crippen molar-refractivity contribution in [3.63, 3.8) is 0 Å². The molecule has 0 aliphatic rings. The zero-order valence-electron chi connectivity index (χ0n) is 12.0. The minimum Gasteiger partial charge on any atom is -0.468 e. The zero-order valence-corrected chi connectivity index (χ0v) is 12.0. The summed E-state index contributed by atoms with van der Waals surface area (Å²) in [5.41, 5.74) is 0. The second-order valence-electron chi connectivity index (χ2n) is 4.53. The van der Waals surface area contributed by atoms with Gasteiger partial charge in [0.2, 0.25) is 0 Å². The SMILES string of the molecule is C#CCOC[C@@H](O)CN(CCCOC)Cc1ccco1. The normalized spacial score (nSPS) is 12.5. The predicted octanol–water partition coefficient (Wildman–Crippen LogP) is 1.13. The molecule has 112 valence electrons. The molecule has 5 heteroatoms. The monoisotopic (exact) mass is 281 g/mol. The van der Waals surface area contributed by atoms with Crippen LogP contribution in [0, 0.1) is 12.3 Å². The van der Waals surface area contributed by atoms with Crippen LogP contribution in [0.3, 0.4) is 0 Å². The molecule has 0 unspecified atom stereocenters. The largest absolute Gasteiger partial charge is 0.468 e. The second-order valence-corrected chi connectivity index (χ2v) is 4.53. The highest BCUT2D eigenvalue weighted by Gasteiger charge is 2.13. The van der Waals surface area contributed by atoms with Crippen molar-refractivity contribution in [2.45, 2.75) is 19.1 Å². The molecule has 0 fully saturated rings. The maximum atomic E-state index is 9.93. The lowest BCUT2D eigenvalue weighted by Gasteiger charge is -2.24. The van der Waals surface area contributed by atoms with Crippen molar-refractivity contribution in [1.82, 2.24) is 4.90 Å². The highest BCUT2D eigenvalue weighted by molar-refractivity contribution is 4.98. The summed E-state index contributed by atoms with van der Waals surface area (Å²) in [7, 11) is 1.68. The summed E-state index contributed by atoms with van der Waals surface area (Å²) in [5.74, 6) is 3.25. The van der Waals surface area contributed by atoms with Crippen LogP contribution in [0.1, 0.15) is 12.2 Å². The molecule has 0 saturated carbocycles. The number of hydrogen-bond donors (Lipinski definition) is 1. The van der Waals surface area contributed by atoms with E-state index < -0.39 is 6.10 Å². The molecule has 0 aliphatic carbocycles. The summed E-state index contributed by atoms with van der Waals surface area (Å²) in [4.78, 5) is 2.11. The van der Waals surface area contributed by atoms with Crippen LogP contribution in [0.15, 0.2) is 22.8 Å². The fourth-order valence-corrected chi connectivity index (χ4v) is 1.89. The molecule has 0 aromatic carbocycles. The van der Waals surface area contributed by atoms with Crippen LogP contribution >= 0.6 is 0 Å². The summed E-state index contributed by atoms with van der Waals surface area (Å²) >= 11 is 0. The molecule has 0 radical (unpaired) electrons. The van der Waals surface area contributed by atoms with Crippen molar-refractivity contribution in [1.29, 1.82) is 0 Å². The molecule has 1 heterocycles. The maximum Gasteiger partial charge on any atom is 0.117 e. The third-order valence-corrected chi connectivity index (χ3v) is 2.75. The molecule has 0 aliphatic heterocycles. The van der Waals surface area contributed by atoms with Crippen LogP contribution < -0.4 is 0 Å². The fraction of sp³-hybridized carbons (Fsp3) is 0.600. The Labute approximate surface area is 120 Å². The highest BCUT2D eigenvalue weighted by Crippen LogP contribution is 2.07. The molecule has 1 aromatic heterocycles. The first kappa shape index (κ1) is 16.7. The Balaban J connectivity index is 2.38. The third kappa shape index (κ3) is 7.31. The van der Waals surface area contributed by atoms with Crippen molar-refractivity contribution < 1.29 is 19.0 Å². The van der Waals surface area contributed by atoms with Crippen LogP contribution in [0.4, 0.5) is 0 Å². The molecule has 1 N–H and O–H groups in total. The Morgan fingerprint density at radius 3 is 3.05 bits per heavy atom. The van der Waals surface area contributed by atoms with E-state index in [0.717, 1.165) is 18.7 Å². The Morgan fingerprint density at radius 2 is 2.40 bits per heavy atom. The van der Waals surface area contributed by atoms with E-state index in [2.05, 4.69) is 10.8 Å². The lowest BCUT2D eigenvalue weighted by molar-refractivity contribution is 0.0231. The highest BCUT2D eigenvalue weighted by atomic mass is 16.5. The lowest BCUT2D eigenvalue weighted by atomic mass is 10.3. The minimum atomic E-state index is -0.569. The van der Waals surface area contributed by atoms with Gasteiger partial charge < -0.3 is 19.0 Å². The molecule has 1 aromatic rings. The molecule has 0 spiro atoms. The molecule has 1 atom stereocenters. The van der Waals surface area contributed by atoms with Gasteiger partial charge in [-0.25, -0.2) is 0 Å². The van der Waals surface area contributed by atoms with E-state index >= 15 is 0 Å². The first-order chi connectivity index (χ1) is 9.76. The van der Waals surface area contributed by atoms with Crippen LogP contribution in [-0.4, -0.2) is 56.1 Å². The van der Waals surface area contributed by atoms with Gasteiger partial charge >= 0.3 is 0 Å². The number of aliphatic hydroxyl groups excluding tert-OH is 1. The van der Waals surface area contributed by atoms with E-state index in [1.54, 1.807) is 13.4 Å². The van der Waals surface area contributed by atoms with E-state index in [4.69, 9.17) is 20.3 Å². The van der Waals surface area contributed by atoms with Gasteiger partial charge in [-0.15, -0.1) is 6.42 Å². The van der Waals surface area contributed by atoms with E-state index in [-0.39, 0.29) is 13.2 Å². The Kier molecular flexibility index (Phi) is 8.76. The van der Waals surface area contributed by atoms with Gasteiger partial charge in [-0.05, 0) is 18.6 Å². The Bertz CT molecular complexity index is 372. The van der Waals surface area contributed by atoms with E-state index in [0.29, 0.717) is 19.7 Å². The van der Waals surface area contributed by atoms with Crippen LogP contribution in [0.5, 0.6) is 0 Å². The maximum absolute atomic E-state index is 9.93. The quantitative estimate of drug-likeness (QED) is 0.487. The molecule has 0 bridgehead atoms. The van der Waals surface area contributed by atoms with Gasteiger partial charge in [0.25, 0.3) is 0 Å². The van der Waals surface area contributed by atoms with E-state index in [9.17, 15) is 5.11 Å². The third-order valence-electron chi connectivity index (χ3n) is 2.75. The van der Waals surface area contributed by atoms with Gasteiger partial charge in [0.15, 0.2) is 0 Å². The van der Waals surface area contributed by atoms with Gasteiger partial charge in [-0.1, -0.05) is 5.92 Å². The van der Waals surface area contributed by atoms with Gasteiger partial charge in [-0.2, -0.15) is 0 Å². The molecular weight excluding hydrogens is 258 g/mol. The number of aliphatic hydroxyl groups is 1. The van der Waals surface area contributed by atoms with Crippen LogP contribution in [0.25, 0.3) is 0 Å². The average molecular weight is 281 g/mol. The first-order valence-corrected chi connectivity index (χ1v) is 6.69. The number of methoxy groups -OCH3 is 1. The summed E-state index contributed by atoms with van der Waals surface area (Å²) < 4.78 is 15.5.